The minimum absolute atomic E-state index is 0.210. The first-order valence-corrected chi connectivity index (χ1v) is 7.96. The van der Waals surface area contributed by atoms with E-state index < -0.39 is 0 Å². The molecule has 2 aromatic rings. The van der Waals surface area contributed by atoms with E-state index in [4.69, 9.17) is 27.9 Å². The molecule has 1 unspecified atom stereocenters. The molecule has 0 saturated heterocycles. The zero-order chi connectivity index (χ0) is 14.7. The van der Waals surface area contributed by atoms with E-state index in [2.05, 4.69) is 15.9 Å². The van der Waals surface area contributed by atoms with Crippen LogP contribution in [0.15, 0.2) is 40.9 Å². The van der Waals surface area contributed by atoms with Gasteiger partial charge in [-0.05, 0) is 64.7 Å². The van der Waals surface area contributed by atoms with Crippen LogP contribution in [0.25, 0.3) is 0 Å². The minimum Gasteiger partial charge on any atom is -0.493 e. The van der Waals surface area contributed by atoms with E-state index >= 15 is 0 Å². The number of alkyl halides is 1. The number of hydrogen-bond acceptors (Lipinski definition) is 1. The van der Waals surface area contributed by atoms with Crippen molar-refractivity contribution >= 4 is 39.1 Å². The molecule has 2 rings (SSSR count). The molecule has 0 spiro atoms. The van der Waals surface area contributed by atoms with Crippen molar-refractivity contribution in [3.05, 3.63) is 62.6 Å². The quantitative estimate of drug-likeness (QED) is 0.585. The predicted molar refractivity (Wildman–Crippen MR) is 89.2 cm³/mol. The van der Waals surface area contributed by atoms with E-state index in [1.54, 1.807) is 0 Å². The summed E-state index contributed by atoms with van der Waals surface area (Å²) < 4.78 is 6.41. The molecule has 0 heterocycles. The van der Waals surface area contributed by atoms with Crippen molar-refractivity contribution in [2.75, 3.05) is 6.61 Å². The van der Waals surface area contributed by atoms with Crippen LogP contribution in [0, 0.1) is 6.92 Å². The Morgan fingerprint density at radius 1 is 1.15 bits per heavy atom. The first-order chi connectivity index (χ1) is 9.52. The molecular formula is C16H15BrCl2O. The first-order valence-electron chi connectivity index (χ1n) is 6.35. The van der Waals surface area contributed by atoms with E-state index in [1.165, 1.54) is 0 Å². The Hall–Kier alpha value is -0.700. The topological polar surface area (TPSA) is 9.23 Å². The van der Waals surface area contributed by atoms with Gasteiger partial charge in [0.05, 0.1) is 16.5 Å². The third-order valence-electron chi connectivity index (χ3n) is 3.02. The fourth-order valence-electron chi connectivity index (χ4n) is 1.97. The summed E-state index contributed by atoms with van der Waals surface area (Å²) in [5.74, 6) is 0.826. The van der Waals surface area contributed by atoms with Crippen molar-refractivity contribution in [1.82, 2.24) is 0 Å². The molecule has 1 atom stereocenters. The Bertz CT molecular complexity index is 613. The van der Waals surface area contributed by atoms with Crippen LogP contribution in [0.1, 0.15) is 29.0 Å². The van der Waals surface area contributed by atoms with Gasteiger partial charge in [-0.15, -0.1) is 11.6 Å². The highest BCUT2D eigenvalue weighted by atomic mass is 79.9. The molecule has 0 aromatic heterocycles. The van der Waals surface area contributed by atoms with Gasteiger partial charge in [0.15, 0.2) is 0 Å². The van der Waals surface area contributed by atoms with Crippen molar-refractivity contribution in [3.8, 4) is 5.75 Å². The highest BCUT2D eigenvalue weighted by molar-refractivity contribution is 9.10. The van der Waals surface area contributed by atoms with E-state index in [9.17, 15) is 0 Å². The lowest BCUT2D eigenvalue weighted by atomic mass is 10.0. The summed E-state index contributed by atoms with van der Waals surface area (Å²) in [5, 5.41) is 0.545. The van der Waals surface area contributed by atoms with Gasteiger partial charge in [0.25, 0.3) is 0 Å². The van der Waals surface area contributed by atoms with Gasteiger partial charge >= 0.3 is 0 Å². The molecule has 0 radical (unpaired) electrons. The highest BCUT2D eigenvalue weighted by Gasteiger charge is 2.13. The number of aryl methyl sites for hydroxylation is 1. The third kappa shape index (κ3) is 3.49. The smallest absolute Gasteiger partial charge is 0.133 e. The van der Waals surface area contributed by atoms with Crippen LogP contribution in [0.4, 0.5) is 0 Å². The van der Waals surface area contributed by atoms with E-state index in [-0.39, 0.29) is 5.38 Å². The van der Waals surface area contributed by atoms with Crippen molar-refractivity contribution in [2.24, 2.45) is 0 Å². The van der Waals surface area contributed by atoms with Gasteiger partial charge in [-0.2, -0.15) is 0 Å². The lowest BCUT2D eigenvalue weighted by Crippen LogP contribution is -1.97. The lowest BCUT2D eigenvalue weighted by molar-refractivity contribution is 0.338. The molecule has 0 bridgehead atoms. The van der Waals surface area contributed by atoms with Gasteiger partial charge in [0.1, 0.15) is 5.75 Å². The third-order valence-corrected chi connectivity index (χ3v) is 4.57. The van der Waals surface area contributed by atoms with Gasteiger partial charge in [-0.25, -0.2) is 0 Å². The van der Waals surface area contributed by atoms with Crippen LogP contribution in [0.3, 0.4) is 0 Å². The standard InChI is InChI=1S/C16H15BrCl2O/c1-3-20-15-7-5-12(9-13(15)17)16(19)11-4-6-14(18)10(2)8-11/h4-9,16H,3H2,1-2H3. The maximum atomic E-state index is 6.55. The summed E-state index contributed by atoms with van der Waals surface area (Å²) in [6, 6.07) is 11.8. The van der Waals surface area contributed by atoms with Crippen LogP contribution in [0.5, 0.6) is 5.75 Å². The predicted octanol–water partition coefficient (Wildman–Crippen LogP) is 6.14. The van der Waals surface area contributed by atoms with Crippen LogP contribution in [-0.4, -0.2) is 6.61 Å². The molecule has 2 aromatic carbocycles. The molecule has 0 saturated carbocycles. The largest absolute Gasteiger partial charge is 0.493 e. The summed E-state index contributed by atoms with van der Waals surface area (Å²) in [6.45, 7) is 4.57. The van der Waals surface area contributed by atoms with Crippen LogP contribution >= 0.6 is 39.1 Å². The van der Waals surface area contributed by atoms with E-state index in [1.807, 2.05) is 50.2 Å². The second-order valence-corrected chi connectivity index (χ2v) is 6.19. The highest BCUT2D eigenvalue weighted by Crippen LogP contribution is 2.35. The Morgan fingerprint density at radius 2 is 1.80 bits per heavy atom. The molecular weight excluding hydrogens is 359 g/mol. The summed E-state index contributed by atoms with van der Waals surface area (Å²) in [7, 11) is 0. The maximum absolute atomic E-state index is 6.55. The fraction of sp³-hybridized carbons (Fsp3) is 0.250. The van der Waals surface area contributed by atoms with Crippen LogP contribution in [0.2, 0.25) is 5.02 Å². The second kappa shape index (κ2) is 6.84. The number of rotatable bonds is 4. The van der Waals surface area contributed by atoms with Crippen LogP contribution in [-0.2, 0) is 0 Å². The summed E-state index contributed by atoms with van der Waals surface area (Å²) in [5.41, 5.74) is 3.08. The molecule has 20 heavy (non-hydrogen) atoms. The molecule has 4 heteroatoms. The van der Waals surface area contributed by atoms with Gasteiger partial charge < -0.3 is 4.74 Å². The van der Waals surface area contributed by atoms with Crippen molar-refractivity contribution in [3.63, 3.8) is 0 Å². The molecule has 0 fully saturated rings. The van der Waals surface area contributed by atoms with Crippen molar-refractivity contribution in [1.29, 1.82) is 0 Å². The molecule has 0 aliphatic carbocycles. The number of halogens is 3. The van der Waals surface area contributed by atoms with Crippen molar-refractivity contribution < 1.29 is 4.74 Å². The summed E-state index contributed by atoms with van der Waals surface area (Å²) >= 11 is 16.1. The van der Waals surface area contributed by atoms with Gasteiger partial charge in [-0.1, -0.05) is 29.8 Å². The molecule has 0 aliphatic rings. The molecule has 1 nitrogen and oxygen atoms in total. The number of ether oxygens (including phenoxy) is 1. The van der Waals surface area contributed by atoms with E-state index in [0.29, 0.717) is 6.61 Å². The first kappa shape index (κ1) is 15.7. The SMILES string of the molecule is CCOc1ccc(C(Cl)c2ccc(Cl)c(C)c2)cc1Br. The van der Waals surface area contributed by atoms with E-state index in [0.717, 1.165) is 31.9 Å². The van der Waals surface area contributed by atoms with Gasteiger partial charge in [-0.3, -0.25) is 0 Å². The van der Waals surface area contributed by atoms with Crippen molar-refractivity contribution in [2.45, 2.75) is 19.2 Å². The molecule has 106 valence electrons. The monoisotopic (exact) mass is 372 g/mol. The number of benzene rings is 2. The lowest BCUT2D eigenvalue weighted by Gasteiger charge is -2.14. The Kier molecular flexibility index (Phi) is 5.36. The van der Waals surface area contributed by atoms with Crippen LogP contribution < -0.4 is 4.74 Å². The van der Waals surface area contributed by atoms with Gasteiger partial charge in [0.2, 0.25) is 0 Å². The Balaban J connectivity index is 2.30. The average Bonchev–Trinajstić information content (AvgIpc) is 2.43. The number of hydrogen-bond donors (Lipinski definition) is 0. The summed E-state index contributed by atoms with van der Waals surface area (Å²) in [4.78, 5) is 0. The Morgan fingerprint density at radius 3 is 2.40 bits per heavy atom. The minimum atomic E-state index is -0.210. The zero-order valence-corrected chi connectivity index (χ0v) is 14.4. The molecule has 0 aliphatic heterocycles. The fourth-order valence-corrected chi connectivity index (χ4v) is 2.87. The molecule has 0 amide bonds. The average molecular weight is 374 g/mol. The van der Waals surface area contributed by atoms with Gasteiger partial charge in [0, 0.05) is 5.02 Å². The normalized spacial score (nSPS) is 12.2. The molecule has 0 N–H and O–H groups in total. The Labute approximate surface area is 138 Å². The summed E-state index contributed by atoms with van der Waals surface area (Å²) in [6.07, 6.45) is 0. The zero-order valence-electron chi connectivity index (χ0n) is 11.3. The maximum Gasteiger partial charge on any atom is 0.133 e. The second-order valence-electron chi connectivity index (χ2n) is 4.49.